The van der Waals surface area contributed by atoms with Crippen LogP contribution in [-0.4, -0.2) is 20.8 Å². The van der Waals surface area contributed by atoms with Crippen LogP contribution in [0.4, 0.5) is 0 Å². The van der Waals surface area contributed by atoms with Gasteiger partial charge >= 0.3 is 0 Å². The molecule has 0 aliphatic rings. The van der Waals surface area contributed by atoms with Crippen LogP contribution in [0.15, 0.2) is 29.2 Å². The Morgan fingerprint density at radius 1 is 1.29 bits per heavy atom. The fourth-order valence-corrected chi connectivity index (χ4v) is 2.68. The highest BCUT2D eigenvalue weighted by Gasteiger charge is 2.13. The highest BCUT2D eigenvalue weighted by molar-refractivity contribution is 7.91. The van der Waals surface area contributed by atoms with Crippen molar-refractivity contribution < 1.29 is 13.2 Å². The second-order valence-electron chi connectivity index (χ2n) is 3.48. The largest absolute Gasteiger partial charge is 0.494 e. The van der Waals surface area contributed by atoms with Crippen molar-refractivity contribution in [1.82, 2.24) is 0 Å². The van der Waals surface area contributed by atoms with E-state index in [0.29, 0.717) is 18.8 Å². The third kappa shape index (κ3) is 4.08. The predicted octanol–water partition coefficient (Wildman–Crippen LogP) is 2.16. The first kappa shape index (κ1) is 13.5. The Morgan fingerprint density at radius 3 is 2.47 bits per heavy atom. The Hall–Kier alpha value is -1.54. The van der Waals surface area contributed by atoms with Gasteiger partial charge in [0.1, 0.15) is 5.75 Å². The van der Waals surface area contributed by atoms with Crippen molar-refractivity contribution in [3.8, 4) is 11.8 Å². The standard InChI is InChI=1S/C12H15NO3S/c1-2-16-11-5-7-12(8-6-11)17(14,15)10-4-3-9-13/h5-8H,2-4,10H2,1H3. The van der Waals surface area contributed by atoms with E-state index in [0.717, 1.165) is 0 Å². The summed E-state index contributed by atoms with van der Waals surface area (Å²) in [6.07, 6.45) is 0.627. The molecule has 0 aromatic heterocycles. The van der Waals surface area contributed by atoms with Gasteiger partial charge in [-0.2, -0.15) is 5.26 Å². The summed E-state index contributed by atoms with van der Waals surface area (Å²) in [5.74, 6) is 0.664. The van der Waals surface area contributed by atoms with Gasteiger partial charge in [-0.1, -0.05) is 0 Å². The molecule has 0 aliphatic carbocycles. The van der Waals surface area contributed by atoms with E-state index < -0.39 is 9.84 Å². The van der Waals surface area contributed by atoms with Gasteiger partial charge in [-0.15, -0.1) is 0 Å². The number of unbranched alkanes of at least 4 members (excludes halogenated alkanes) is 1. The minimum atomic E-state index is -3.27. The Labute approximate surface area is 102 Å². The van der Waals surface area contributed by atoms with Gasteiger partial charge in [0.05, 0.1) is 23.3 Å². The summed E-state index contributed by atoms with van der Waals surface area (Å²) in [6.45, 7) is 2.42. The summed E-state index contributed by atoms with van der Waals surface area (Å²) in [7, 11) is -3.27. The molecule has 92 valence electrons. The summed E-state index contributed by atoms with van der Waals surface area (Å²) in [5.41, 5.74) is 0. The average molecular weight is 253 g/mol. The molecule has 0 N–H and O–H groups in total. The lowest BCUT2D eigenvalue weighted by Gasteiger charge is -2.05. The first-order chi connectivity index (χ1) is 8.10. The highest BCUT2D eigenvalue weighted by atomic mass is 32.2. The smallest absolute Gasteiger partial charge is 0.178 e. The average Bonchev–Trinajstić information content (AvgIpc) is 2.30. The molecule has 0 aliphatic heterocycles. The zero-order chi connectivity index (χ0) is 12.7. The summed E-state index contributed by atoms with van der Waals surface area (Å²) in [6, 6.07) is 8.28. The lowest BCUT2D eigenvalue weighted by atomic mass is 10.3. The van der Waals surface area contributed by atoms with Crippen LogP contribution < -0.4 is 4.74 Å². The predicted molar refractivity (Wildman–Crippen MR) is 64.5 cm³/mol. The van der Waals surface area contributed by atoms with Gasteiger partial charge in [-0.25, -0.2) is 8.42 Å². The molecule has 4 nitrogen and oxygen atoms in total. The molecule has 1 aromatic rings. The van der Waals surface area contributed by atoms with Crippen molar-refractivity contribution in [2.24, 2.45) is 0 Å². The Bertz CT molecular complexity index is 485. The molecular formula is C12H15NO3S. The SMILES string of the molecule is CCOc1ccc(S(=O)(=O)CCCC#N)cc1. The van der Waals surface area contributed by atoms with Crippen molar-refractivity contribution in [2.45, 2.75) is 24.7 Å². The minimum Gasteiger partial charge on any atom is -0.494 e. The number of nitriles is 1. The molecule has 0 atom stereocenters. The first-order valence-corrected chi connectivity index (χ1v) is 7.08. The van der Waals surface area contributed by atoms with Gasteiger partial charge in [0.2, 0.25) is 0 Å². The number of nitrogens with zero attached hydrogens (tertiary/aromatic N) is 1. The molecule has 0 fully saturated rings. The van der Waals surface area contributed by atoms with Crippen LogP contribution in [0, 0.1) is 11.3 Å². The molecular weight excluding hydrogens is 238 g/mol. The summed E-state index contributed by atoms with van der Waals surface area (Å²) >= 11 is 0. The molecule has 0 bridgehead atoms. The minimum absolute atomic E-state index is 0.00847. The highest BCUT2D eigenvalue weighted by Crippen LogP contribution is 2.17. The zero-order valence-corrected chi connectivity index (χ0v) is 10.5. The lowest BCUT2D eigenvalue weighted by molar-refractivity contribution is 0.340. The van der Waals surface area contributed by atoms with E-state index >= 15 is 0 Å². The number of ether oxygens (including phenoxy) is 1. The molecule has 1 rings (SSSR count). The van der Waals surface area contributed by atoms with Crippen LogP contribution in [0.25, 0.3) is 0 Å². The molecule has 1 aromatic carbocycles. The number of hydrogen-bond acceptors (Lipinski definition) is 4. The van der Waals surface area contributed by atoms with E-state index in [2.05, 4.69) is 0 Å². The van der Waals surface area contributed by atoms with Crippen molar-refractivity contribution in [1.29, 1.82) is 5.26 Å². The monoisotopic (exact) mass is 253 g/mol. The third-order valence-corrected chi connectivity index (χ3v) is 4.01. The van der Waals surface area contributed by atoms with Crippen LogP contribution in [0.3, 0.4) is 0 Å². The molecule has 0 saturated heterocycles. The van der Waals surface area contributed by atoms with Crippen molar-refractivity contribution >= 4 is 9.84 Å². The van der Waals surface area contributed by atoms with Gasteiger partial charge in [0.25, 0.3) is 0 Å². The van der Waals surface area contributed by atoms with Crippen molar-refractivity contribution in [3.05, 3.63) is 24.3 Å². The first-order valence-electron chi connectivity index (χ1n) is 5.42. The van der Waals surface area contributed by atoms with Crippen LogP contribution in [0.5, 0.6) is 5.75 Å². The molecule has 0 radical (unpaired) electrons. The number of sulfone groups is 1. The summed E-state index contributed by atoms with van der Waals surface area (Å²) < 4.78 is 28.9. The molecule has 0 saturated carbocycles. The number of hydrogen-bond donors (Lipinski definition) is 0. The Kier molecular flexibility index (Phi) is 4.98. The fraction of sp³-hybridized carbons (Fsp3) is 0.417. The fourth-order valence-electron chi connectivity index (χ4n) is 1.37. The van der Waals surface area contributed by atoms with Gasteiger partial charge in [0.15, 0.2) is 9.84 Å². The molecule has 0 heterocycles. The second-order valence-corrected chi connectivity index (χ2v) is 5.59. The zero-order valence-electron chi connectivity index (χ0n) is 9.72. The van der Waals surface area contributed by atoms with Crippen LogP contribution in [0.1, 0.15) is 19.8 Å². The topological polar surface area (TPSA) is 67.2 Å². The van der Waals surface area contributed by atoms with Crippen LogP contribution in [-0.2, 0) is 9.84 Å². The molecule has 17 heavy (non-hydrogen) atoms. The van der Waals surface area contributed by atoms with Crippen molar-refractivity contribution in [2.75, 3.05) is 12.4 Å². The van der Waals surface area contributed by atoms with Gasteiger partial charge in [-0.3, -0.25) is 0 Å². The quantitative estimate of drug-likeness (QED) is 0.729. The molecule has 0 amide bonds. The Balaban J connectivity index is 2.75. The van der Waals surface area contributed by atoms with Gasteiger partial charge in [0, 0.05) is 6.42 Å². The van der Waals surface area contributed by atoms with Crippen LogP contribution in [0.2, 0.25) is 0 Å². The molecule has 0 spiro atoms. The maximum absolute atomic E-state index is 11.8. The molecule has 5 heteroatoms. The summed E-state index contributed by atoms with van der Waals surface area (Å²) in [4.78, 5) is 0.277. The maximum Gasteiger partial charge on any atom is 0.178 e. The van der Waals surface area contributed by atoms with E-state index in [9.17, 15) is 8.42 Å². The third-order valence-electron chi connectivity index (χ3n) is 2.20. The number of rotatable bonds is 6. The maximum atomic E-state index is 11.8. The van der Waals surface area contributed by atoms with E-state index in [1.807, 2.05) is 13.0 Å². The van der Waals surface area contributed by atoms with E-state index in [4.69, 9.17) is 10.00 Å². The van der Waals surface area contributed by atoms with E-state index in [1.54, 1.807) is 12.1 Å². The summed E-state index contributed by atoms with van der Waals surface area (Å²) in [5, 5.41) is 8.37. The van der Waals surface area contributed by atoms with E-state index in [-0.39, 0.29) is 17.1 Å². The van der Waals surface area contributed by atoms with E-state index in [1.165, 1.54) is 12.1 Å². The van der Waals surface area contributed by atoms with Crippen LogP contribution >= 0.6 is 0 Å². The lowest BCUT2D eigenvalue weighted by Crippen LogP contribution is -2.06. The second kappa shape index (κ2) is 6.26. The number of benzene rings is 1. The van der Waals surface area contributed by atoms with Gasteiger partial charge < -0.3 is 4.74 Å². The van der Waals surface area contributed by atoms with Crippen molar-refractivity contribution in [3.63, 3.8) is 0 Å². The molecule has 0 unspecified atom stereocenters. The Morgan fingerprint density at radius 2 is 1.94 bits per heavy atom. The van der Waals surface area contributed by atoms with Gasteiger partial charge in [-0.05, 0) is 37.6 Å². The normalized spacial score (nSPS) is 10.8.